The molecule has 0 bridgehead atoms. The minimum Gasteiger partial charge on any atom is -0.397 e. The molecule has 0 amide bonds. The fourth-order valence-electron chi connectivity index (χ4n) is 2.04. The van der Waals surface area contributed by atoms with Crippen LogP contribution in [0.25, 0.3) is 0 Å². The molecule has 0 saturated heterocycles. The molecule has 0 aliphatic rings. The third kappa shape index (κ3) is 2.26. The maximum absolute atomic E-state index is 6.05. The zero-order valence-electron chi connectivity index (χ0n) is 10.6. The van der Waals surface area contributed by atoms with E-state index in [1.165, 1.54) is 11.1 Å². The van der Waals surface area contributed by atoms with Crippen LogP contribution in [-0.4, -0.2) is 7.05 Å². The van der Waals surface area contributed by atoms with E-state index >= 15 is 0 Å². The zero-order valence-corrected chi connectivity index (χ0v) is 10.6. The minimum absolute atomic E-state index is 0.813. The second kappa shape index (κ2) is 4.50. The van der Waals surface area contributed by atoms with Crippen LogP contribution in [0.15, 0.2) is 42.5 Å². The standard InChI is InChI=1S/C15H18N2/c1-11-7-9-13(10-8-11)17(3)15-12(2)5-4-6-14(15)16/h4-10H,16H2,1-3H3. The summed E-state index contributed by atoms with van der Waals surface area (Å²) in [7, 11) is 2.04. The molecule has 0 atom stereocenters. The first-order chi connectivity index (χ1) is 8.09. The van der Waals surface area contributed by atoms with E-state index in [0.717, 1.165) is 17.1 Å². The molecule has 0 unspecified atom stereocenters. The van der Waals surface area contributed by atoms with Gasteiger partial charge in [0.15, 0.2) is 0 Å². The molecule has 2 aromatic rings. The number of hydrogen-bond acceptors (Lipinski definition) is 2. The van der Waals surface area contributed by atoms with Crippen molar-refractivity contribution in [1.82, 2.24) is 0 Å². The van der Waals surface area contributed by atoms with Crippen LogP contribution >= 0.6 is 0 Å². The zero-order chi connectivity index (χ0) is 12.4. The number of rotatable bonds is 2. The summed E-state index contributed by atoms with van der Waals surface area (Å²) in [5.74, 6) is 0. The fourth-order valence-corrected chi connectivity index (χ4v) is 2.04. The van der Waals surface area contributed by atoms with Gasteiger partial charge in [-0.05, 0) is 37.6 Å². The number of anilines is 3. The minimum atomic E-state index is 0.813. The lowest BCUT2D eigenvalue weighted by molar-refractivity contribution is 1.18. The van der Waals surface area contributed by atoms with Gasteiger partial charge in [-0.15, -0.1) is 0 Å². The van der Waals surface area contributed by atoms with Crippen molar-refractivity contribution in [2.24, 2.45) is 0 Å². The molecule has 0 saturated carbocycles. The van der Waals surface area contributed by atoms with Crippen molar-refractivity contribution in [2.45, 2.75) is 13.8 Å². The average molecular weight is 226 g/mol. The van der Waals surface area contributed by atoms with Crippen LogP contribution in [0.2, 0.25) is 0 Å². The molecule has 88 valence electrons. The summed E-state index contributed by atoms with van der Waals surface area (Å²) in [5.41, 5.74) is 11.5. The van der Waals surface area contributed by atoms with Gasteiger partial charge in [0.1, 0.15) is 0 Å². The van der Waals surface area contributed by atoms with Gasteiger partial charge in [0.05, 0.1) is 11.4 Å². The van der Waals surface area contributed by atoms with Crippen molar-refractivity contribution in [3.05, 3.63) is 53.6 Å². The van der Waals surface area contributed by atoms with Crippen molar-refractivity contribution in [2.75, 3.05) is 17.7 Å². The SMILES string of the molecule is Cc1ccc(N(C)c2c(C)cccc2N)cc1. The quantitative estimate of drug-likeness (QED) is 0.792. The number of nitrogens with zero attached hydrogens (tertiary/aromatic N) is 1. The number of nitrogens with two attached hydrogens (primary N) is 1. The Hall–Kier alpha value is -1.96. The van der Waals surface area contributed by atoms with Gasteiger partial charge in [-0.1, -0.05) is 29.8 Å². The third-order valence-electron chi connectivity index (χ3n) is 3.03. The van der Waals surface area contributed by atoms with Crippen LogP contribution in [0, 0.1) is 13.8 Å². The molecule has 0 spiro atoms. The Morgan fingerprint density at radius 1 is 0.941 bits per heavy atom. The first-order valence-electron chi connectivity index (χ1n) is 5.75. The Balaban J connectivity index is 2.43. The van der Waals surface area contributed by atoms with Crippen molar-refractivity contribution in [3.8, 4) is 0 Å². The second-order valence-corrected chi connectivity index (χ2v) is 4.41. The van der Waals surface area contributed by atoms with Crippen LogP contribution in [0.3, 0.4) is 0 Å². The Bertz CT molecular complexity index is 495. The van der Waals surface area contributed by atoms with Gasteiger partial charge in [0.2, 0.25) is 0 Å². The van der Waals surface area contributed by atoms with Crippen LogP contribution in [0.1, 0.15) is 11.1 Å². The molecule has 2 rings (SSSR count). The Labute approximate surface area is 103 Å². The molecule has 2 N–H and O–H groups in total. The number of nitrogen functional groups attached to an aromatic ring is 1. The monoisotopic (exact) mass is 226 g/mol. The van der Waals surface area contributed by atoms with Gasteiger partial charge < -0.3 is 10.6 Å². The van der Waals surface area contributed by atoms with E-state index in [-0.39, 0.29) is 0 Å². The van der Waals surface area contributed by atoms with E-state index in [9.17, 15) is 0 Å². The van der Waals surface area contributed by atoms with Crippen molar-refractivity contribution in [1.29, 1.82) is 0 Å². The number of aryl methyl sites for hydroxylation is 2. The smallest absolute Gasteiger partial charge is 0.0671 e. The fraction of sp³-hybridized carbons (Fsp3) is 0.200. The van der Waals surface area contributed by atoms with Crippen molar-refractivity contribution < 1.29 is 0 Å². The molecule has 0 radical (unpaired) electrons. The van der Waals surface area contributed by atoms with Crippen molar-refractivity contribution >= 4 is 17.1 Å². The lowest BCUT2D eigenvalue weighted by Gasteiger charge is -2.23. The van der Waals surface area contributed by atoms with Gasteiger partial charge in [0.25, 0.3) is 0 Å². The Kier molecular flexibility index (Phi) is 3.05. The Morgan fingerprint density at radius 3 is 2.18 bits per heavy atom. The van der Waals surface area contributed by atoms with E-state index in [0.29, 0.717) is 0 Å². The summed E-state index contributed by atoms with van der Waals surface area (Å²) in [6, 6.07) is 14.4. The van der Waals surface area contributed by atoms with Crippen LogP contribution < -0.4 is 10.6 Å². The molecular weight excluding hydrogens is 208 g/mol. The molecule has 2 heteroatoms. The number of hydrogen-bond donors (Lipinski definition) is 1. The van der Waals surface area contributed by atoms with E-state index in [4.69, 9.17) is 5.73 Å². The van der Waals surface area contributed by atoms with Crippen LogP contribution in [0.5, 0.6) is 0 Å². The molecule has 0 aliphatic carbocycles. The first-order valence-corrected chi connectivity index (χ1v) is 5.75. The summed E-state index contributed by atoms with van der Waals surface area (Å²) in [6.07, 6.45) is 0. The Morgan fingerprint density at radius 2 is 1.59 bits per heavy atom. The third-order valence-corrected chi connectivity index (χ3v) is 3.03. The summed E-state index contributed by atoms with van der Waals surface area (Å²) >= 11 is 0. The highest BCUT2D eigenvalue weighted by atomic mass is 15.1. The summed E-state index contributed by atoms with van der Waals surface area (Å²) < 4.78 is 0. The number of benzene rings is 2. The highest BCUT2D eigenvalue weighted by molar-refractivity contribution is 5.77. The number of para-hydroxylation sites is 1. The molecule has 0 fully saturated rings. The van der Waals surface area contributed by atoms with Crippen molar-refractivity contribution in [3.63, 3.8) is 0 Å². The van der Waals surface area contributed by atoms with Gasteiger partial charge >= 0.3 is 0 Å². The lowest BCUT2D eigenvalue weighted by atomic mass is 10.1. The van der Waals surface area contributed by atoms with Crippen LogP contribution in [0.4, 0.5) is 17.1 Å². The lowest BCUT2D eigenvalue weighted by Crippen LogP contribution is -2.12. The highest BCUT2D eigenvalue weighted by Crippen LogP contribution is 2.31. The van der Waals surface area contributed by atoms with Crippen LogP contribution in [-0.2, 0) is 0 Å². The predicted octanol–water partition coefficient (Wildman–Crippen LogP) is 3.65. The highest BCUT2D eigenvalue weighted by Gasteiger charge is 2.09. The summed E-state index contributed by atoms with van der Waals surface area (Å²) in [4.78, 5) is 2.13. The molecule has 0 heterocycles. The normalized spacial score (nSPS) is 10.3. The maximum atomic E-state index is 6.05. The molecular formula is C15H18N2. The van der Waals surface area contributed by atoms with Gasteiger partial charge in [-0.25, -0.2) is 0 Å². The predicted molar refractivity (Wildman–Crippen MR) is 74.8 cm³/mol. The first kappa shape index (κ1) is 11.5. The molecule has 0 aromatic heterocycles. The molecule has 2 nitrogen and oxygen atoms in total. The largest absolute Gasteiger partial charge is 0.397 e. The maximum Gasteiger partial charge on any atom is 0.0671 e. The van der Waals surface area contributed by atoms with Gasteiger partial charge in [-0.3, -0.25) is 0 Å². The van der Waals surface area contributed by atoms with E-state index < -0.39 is 0 Å². The summed E-state index contributed by atoms with van der Waals surface area (Å²) in [5, 5.41) is 0. The summed E-state index contributed by atoms with van der Waals surface area (Å²) in [6.45, 7) is 4.17. The average Bonchev–Trinajstić information content (AvgIpc) is 2.29. The van der Waals surface area contributed by atoms with Gasteiger partial charge in [0, 0.05) is 12.7 Å². The van der Waals surface area contributed by atoms with E-state index in [1.807, 2.05) is 19.2 Å². The topological polar surface area (TPSA) is 29.3 Å². The van der Waals surface area contributed by atoms with E-state index in [2.05, 4.69) is 49.1 Å². The molecule has 17 heavy (non-hydrogen) atoms. The second-order valence-electron chi connectivity index (χ2n) is 4.41. The van der Waals surface area contributed by atoms with Gasteiger partial charge in [-0.2, -0.15) is 0 Å². The molecule has 2 aromatic carbocycles. The van der Waals surface area contributed by atoms with E-state index in [1.54, 1.807) is 0 Å². The molecule has 0 aliphatic heterocycles.